The van der Waals surface area contributed by atoms with Gasteiger partial charge in [0.1, 0.15) is 0 Å². The fraction of sp³-hybridized carbons (Fsp3) is 0.286. The van der Waals surface area contributed by atoms with Gasteiger partial charge < -0.3 is 10.1 Å². The molecule has 1 N–H and O–H groups in total. The van der Waals surface area contributed by atoms with Crippen molar-refractivity contribution in [1.82, 2.24) is 20.3 Å². The molecule has 0 saturated heterocycles. The maximum atomic E-state index is 11.5. The highest BCUT2D eigenvalue weighted by Crippen LogP contribution is 2.06. The van der Waals surface area contributed by atoms with Crippen molar-refractivity contribution in [2.75, 3.05) is 13.7 Å². The summed E-state index contributed by atoms with van der Waals surface area (Å²) in [6.07, 6.45) is 1.37. The molecule has 21 heavy (non-hydrogen) atoms. The van der Waals surface area contributed by atoms with E-state index in [1.165, 1.54) is 11.0 Å². The van der Waals surface area contributed by atoms with Crippen molar-refractivity contribution < 1.29 is 14.3 Å². The molecule has 0 bridgehead atoms. The molecule has 0 unspecified atom stereocenters. The van der Waals surface area contributed by atoms with Gasteiger partial charge in [-0.05, 0) is 24.6 Å². The van der Waals surface area contributed by atoms with E-state index in [-0.39, 0.29) is 11.6 Å². The standard InChI is InChI=1S/C14H16N4O3/c1-3-21-14(20)12-8-16-18(17-12)9-10-4-6-11(7-5-10)13(19)15-2/h4-8H,3,9H2,1-2H3,(H,15,19). The van der Waals surface area contributed by atoms with E-state index in [0.717, 1.165) is 5.56 Å². The maximum Gasteiger partial charge on any atom is 0.360 e. The molecule has 0 spiro atoms. The minimum Gasteiger partial charge on any atom is -0.461 e. The Morgan fingerprint density at radius 2 is 2.00 bits per heavy atom. The summed E-state index contributed by atoms with van der Waals surface area (Å²) in [5.74, 6) is -0.623. The van der Waals surface area contributed by atoms with Crippen molar-refractivity contribution in [3.8, 4) is 0 Å². The minimum atomic E-state index is -0.487. The van der Waals surface area contributed by atoms with E-state index in [0.29, 0.717) is 18.7 Å². The second kappa shape index (κ2) is 6.65. The first-order valence-electron chi connectivity index (χ1n) is 6.52. The van der Waals surface area contributed by atoms with Crippen LogP contribution in [0.3, 0.4) is 0 Å². The van der Waals surface area contributed by atoms with E-state index in [1.54, 1.807) is 26.1 Å². The molecule has 1 aromatic heterocycles. The summed E-state index contributed by atoms with van der Waals surface area (Å²) in [5.41, 5.74) is 1.69. The van der Waals surface area contributed by atoms with E-state index < -0.39 is 5.97 Å². The number of nitrogens with one attached hydrogen (secondary N) is 1. The third-order valence-corrected chi connectivity index (χ3v) is 2.79. The van der Waals surface area contributed by atoms with Gasteiger partial charge in [-0.15, -0.1) is 5.10 Å². The Morgan fingerprint density at radius 1 is 1.29 bits per heavy atom. The van der Waals surface area contributed by atoms with Gasteiger partial charge in [0, 0.05) is 12.6 Å². The lowest BCUT2D eigenvalue weighted by Crippen LogP contribution is -2.17. The second-order valence-electron chi connectivity index (χ2n) is 4.26. The van der Waals surface area contributed by atoms with Crippen LogP contribution in [0.4, 0.5) is 0 Å². The van der Waals surface area contributed by atoms with Crippen LogP contribution in [-0.2, 0) is 11.3 Å². The largest absolute Gasteiger partial charge is 0.461 e. The number of rotatable bonds is 5. The van der Waals surface area contributed by atoms with Gasteiger partial charge in [-0.25, -0.2) is 4.79 Å². The van der Waals surface area contributed by atoms with Gasteiger partial charge in [0.2, 0.25) is 0 Å². The van der Waals surface area contributed by atoms with Gasteiger partial charge in [-0.2, -0.15) is 9.90 Å². The number of hydrogen-bond acceptors (Lipinski definition) is 5. The van der Waals surface area contributed by atoms with Gasteiger partial charge in [0.25, 0.3) is 5.91 Å². The van der Waals surface area contributed by atoms with Crippen molar-refractivity contribution in [2.24, 2.45) is 0 Å². The molecular weight excluding hydrogens is 272 g/mol. The molecule has 7 nitrogen and oxygen atoms in total. The number of benzene rings is 1. The maximum absolute atomic E-state index is 11.5. The van der Waals surface area contributed by atoms with Crippen LogP contribution < -0.4 is 5.32 Å². The lowest BCUT2D eigenvalue weighted by Gasteiger charge is -2.03. The second-order valence-corrected chi connectivity index (χ2v) is 4.26. The number of carbonyl (C=O) groups excluding carboxylic acids is 2. The lowest BCUT2D eigenvalue weighted by atomic mass is 10.1. The first kappa shape index (κ1) is 14.7. The Labute approximate surface area is 121 Å². The molecule has 0 saturated carbocycles. The molecule has 2 aromatic rings. The molecule has 1 aromatic carbocycles. The molecule has 2 rings (SSSR count). The summed E-state index contributed by atoms with van der Waals surface area (Å²) in [6, 6.07) is 7.09. The Bertz CT molecular complexity index is 634. The number of esters is 1. The van der Waals surface area contributed by atoms with Crippen LogP contribution in [0.5, 0.6) is 0 Å². The van der Waals surface area contributed by atoms with Crippen molar-refractivity contribution in [3.63, 3.8) is 0 Å². The van der Waals surface area contributed by atoms with Crippen LogP contribution in [0.15, 0.2) is 30.5 Å². The number of aromatic nitrogens is 3. The highest BCUT2D eigenvalue weighted by molar-refractivity contribution is 5.93. The van der Waals surface area contributed by atoms with Crippen molar-refractivity contribution in [2.45, 2.75) is 13.5 Å². The Hall–Kier alpha value is -2.70. The highest BCUT2D eigenvalue weighted by atomic mass is 16.5. The van der Waals surface area contributed by atoms with Crippen molar-refractivity contribution in [1.29, 1.82) is 0 Å². The van der Waals surface area contributed by atoms with Crippen LogP contribution in [0, 0.1) is 0 Å². The monoisotopic (exact) mass is 288 g/mol. The van der Waals surface area contributed by atoms with Crippen molar-refractivity contribution in [3.05, 3.63) is 47.3 Å². The smallest absolute Gasteiger partial charge is 0.360 e. The van der Waals surface area contributed by atoms with Crippen LogP contribution in [0.1, 0.15) is 33.3 Å². The number of amides is 1. The molecule has 0 aliphatic carbocycles. The summed E-state index contributed by atoms with van der Waals surface area (Å²) in [6.45, 7) is 2.44. The summed E-state index contributed by atoms with van der Waals surface area (Å²) < 4.78 is 4.85. The summed E-state index contributed by atoms with van der Waals surface area (Å²) in [5, 5.41) is 10.6. The van der Waals surface area contributed by atoms with E-state index in [1.807, 2.05) is 12.1 Å². The molecule has 1 amide bonds. The van der Waals surface area contributed by atoms with Crippen LogP contribution in [0.2, 0.25) is 0 Å². The normalized spacial score (nSPS) is 10.2. The Morgan fingerprint density at radius 3 is 2.62 bits per heavy atom. The van der Waals surface area contributed by atoms with Gasteiger partial charge >= 0.3 is 5.97 Å². The Balaban J connectivity index is 2.05. The first-order valence-corrected chi connectivity index (χ1v) is 6.52. The van der Waals surface area contributed by atoms with Gasteiger partial charge in [-0.3, -0.25) is 4.79 Å². The zero-order chi connectivity index (χ0) is 15.2. The molecule has 7 heteroatoms. The molecule has 0 atom stereocenters. The quantitative estimate of drug-likeness (QED) is 0.825. The predicted octanol–water partition coefficient (Wildman–Crippen LogP) is 0.863. The zero-order valence-electron chi connectivity index (χ0n) is 11.9. The molecule has 1 heterocycles. The van der Waals surface area contributed by atoms with E-state index in [2.05, 4.69) is 15.5 Å². The SMILES string of the molecule is CCOC(=O)c1cnn(Cc2ccc(C(=O)NC)cc2)n1. The molecular formula is C14H16N4O3. The van der Waals surface area contributed by atoms with Gasteiger partial charge in [0.15, 0.2) is 5.69 Å². The predicted molar refractivity (Wildman–Crippen MR) is 74.9 cm³/mol. The fourth-order valence-electron chi connectivity index (χ4n) is 1.74. The van der Waals surface area contributed by atoms with Crippen molar-refractivity contribution >= 4 is 11.9 Å². The van der Waals surface area contributed by atoms with Crippen LogP contribution >= 0.6 is 0 Å². The molecule has 0 aliphatic rings. The lowest BCUT2D eigenvalue weighted by molar-refractivity contribution is 0.0518. The van der Waals surface area contributed by atoms with Crippen LogP contribution in [-0.4, -0.2) is 40.5 Å². The summed E-state index contributed by atoms with van der Waals surface area (Å²) >= 11 is 0. The minimum absolute atomic E-state index is 0.136. The number of hydrogen-bond donors (Lipinski definition) is 1. The third-order valence-electron chi connectivity index (χ3n) is 2.79. The van der Waals surface area contributed by atoms with E-state index >= 15 is 0 Å². The first-order chi connectivity index (χ1) is 10.1. The van der Waals surface area contributed by atoms with Gasteiger partial charge in [0.05, 0.1) is 19.3 Å². The number of ether oxygens (including phenoxy) is 1. The average molecular weight is 288 g/mol. The molecule has 0 fully saturated rings. The third kappa shape index (κ3) is 3.65. The Kier molecular flexibility index (Phi) is 4.65. The highest BCUT2D eigenvalue weighted by Gasteiger charge is 2.11. The molecule has 110 valence electrons. The summed E-state index contributed by atoms with van der Waals surface area (Å²) in [7, 11) is 1.58. The van der Waals surface area contributed by atoms with Crippen LogP contribution in [0.25, 0.3) is 0 Å². The zero-order valence-corrected chi connectivity index (χ0v) is 11.9. The van der Waals surface area contributed by atoms with Gasteiger partial charge in [-0.1, -0.05) is 12.1 Å². The molecule has 0 radical (unpaired) electrons. The van der Waals surface area contributed by atoms with E-state index in [4.69, 9.17) is 4.74 Å². The molecule has 0 aliphatic heterocycles. The summed E-state index contributed by atoms with van der Waals surface area (Å²) in [4.78, 5) is 24.3. The fourth-order valence-corrected chi connectivity index (χ4v) is 1.74. The number of carbonyl (C=O) groups is 2. The topological polar surface area (TPSA) is 86.1 Å². The number of nitrogens with zero attached hydrogens (tertiary/aromatic N) is 3. The average Bonchev–Trinajstić information content (AvgIpc) is 2.96. The van der Waals surface area contributed by atoms with E-state index in [9.17, 15) is 9.59 Å².